The van der Waals surface area contributed by atoms with Gasteiger partial charge in [-0.3, -0.25) is 4.79 Å². The van der Waals surface area contributed by atoms with E-state index in [1.807, 2.05) is 43.3 Å². The first-order valence-electron chi connectivity index (χ1n) is 5.36. The molecule has 0 radical (unpaired) electrons. The van der Waals surface area contributed by atoms with Crippen LogP contribution in [0.4, 0.5) is 0 Å². The maximum Gasteiger partial charge on any atom is 0.240 e. The molecule has 84 valence electrons. The van der Waals surface area contributed by atoms with Gasteiger partial charge >= 0.3 is 0 Å². The molecule has 0 saturated heterocycles. The van der Waals surface area contributed by atoms with Gasteiger partial charge in [0.05, 0.1) is 0 Å². The van der Waals surface area contributed by atoms with Crippen molar-refractivity contribution >= 4 is 18.2 Å². The Morgan fingerprint density at radius 3 is 2.81 bits per heavy atom. The van der Waals surface area contributed by atoms with E-state index in [9.17, 15) is 4.79 Å². The average molecular weight is 216 g/mol. The largest absolute Gasteiger partial charge is 0.273 e. The minimum Gasteiger partial charge on any atom is -0.273 e. The van der Waals surface area contributed by atoms with Gasteiger partial charge in [-0.1, -0.05) is 43.3 Å². The van der Waals surface area contributed by atoms with Crippen molar-refractivity contribution in [3.8, 4) is 0 Å². The van der Waals surface area contributed by atoms with Gasteiger partial charge in [0.2, 0.25) is 5.91 Å². The second-order valence-corrected chi connectivity index (χ2v) is 3.33. The van der Waals surface area contributed by atoms with E-state index in [-0.39, 0.29) is 5.91 Å². The summed E-state index contributed by atoms with van der Waals surface area (Å²) in [6.07, 6.45) is 6.64. The lowest BCUT2D eigenvalue weighted by Gasteiger charge is -1.94. The number of nitrogens with zero attached hydrogens (tertiary/aromatic N) is 1. The summed E-state index contributed by atoms with van der Waals surface area (Å²) in [5.41, 5.74) is 3.55. The fraction of sp³-hybridized carbons (Fsp3) is 0.231. The van der Waals surface area contributed by atoms with Crippen molar-refractivity contribution in [2.45, 2.75) is 19.8 Å². The Kier molecular flexibility index (Phi) is 5.63. The maximum atomic E-state index is 11.0. The Morgan fingerprint density at radius 1 is 1.38 bits per heavy atom. The van der Waals surface area contributed by atoms with Crippen LogP contribution in [-0.2, 0) is 4.79 Å². The minimum absolute atomic E-state index is 0.0492. The zero-order valence-corrected chi connectivity index (χ0v) is 9.39. The van der Waals surface area contributed by atoms with E-state index < -0.39 is 0 Å². The summed E-state index contributed by atoms with van der Waals surface area (Å²) in [4.78, 5) is 11.0. The number of benzene rings is 1. The van der Waals surface area contributed by atoms with E-state index >= 15 is 0 Å². The Bertz CT molecular complexity index is 369. The number of hydrogen-bond acceptors (Lipinski definition) is 2. The maximum absolute atomic E-state index is 11.0. The van der Waals surface area contributed by atoms with Crippen LogP contribution >= 0.6 is 0 Å². The SMILES string of the molecule is CCCC(=O)N/N=C/C=C/c1ccccc1. The molecule has 16 heavy (non-hydrogen) atoms. The first kappa shape index (κ1) is 12.2. The van der Waals surface area contributed by atoms with Crippen LogP contribution in [0.2, 0.25) is 0 Å². The third-order valence-corrected chi connectivity index (χ3v) is 1.92. The molecule has 0 saturated carbocycles. The van der Waals surface area contributed by atoms with E-state index in [0.717, 1.165) is 12.0 Å². The van der Waals surface area contributed by atoms with Crippen molar-refractivity contribution in [2.24, 2.45) is 5.10 Å². The first-order chi connectivity index (χ1) is 7.83. The second kappa shape index (κ2) is 7.40. The molecule has 3 nitrogen and oxygen atoms in total. The van der Waals surface area contributed by atoms with Gasteiger partial charge in [0.15, 0.2) is 0 Å². The molecule has 3 heteroatoms. The third-order valence-electron chi connectivity index (χ3n) is 1.92. The standard InChI is InChI=1S/C13H16N2O/c1-2-7-13(16)15-14-11-6-10-12-8-4-3-5-9-12/h3-6,8-11H,2,7H2,1H3,(H,15,16)/b10-6+,14-11+. The number of hydrogen-bond donors (Lipinski definition) is 1. The molecule has 0 aliphatic heterocycles. The highest BCUT2D eigenvalue weighted by Gasteiger charge is 1.93. The lowest BCUT2D eigenvalue weighted by molar-refractivity contribution is -0.121. The van der Waals surface area contributed by atoms with Gasteiger partial charge in [-0.15, -0.1) is 0 Å². The van der Waals surface area contributed by atoms with Crippen LogP contribution in [0.3, 0.4) is 0 Å². The molecule has 1 amide bonds. The number of allylic oxidation sites excluding steroid dienone is 1. The molecule has 0 fully saturated rings. The molecule has 0 bridgehead atoms. The quantitative estimate of drug-likeness (QED) is 0.596. The third kappa shape index (κ3) is 5.10. The Hall–Kier alpha value is -1.90. The smallest absolute Gasteiger partial charge is 0.240 e. The normalized spacial score (nSPS) is 11.1. The number of nitrogens with one attached hydrogen (secondary N) is 1. The molecule has 1 aromatic carbocycles. The molecule has 0 heterocycles. The van der Waals surface area contributed by atoms with Crippen LogP contribution in [-0.4, -0.2) is 12.1 Å². The first-order valence-corrected chi connectivity index (χ1v) is 5.36. The second-order valence-electron chi connectivity index (χ2n) is 3.33. The number of hydrazone groups is 1. The predicted molar refractivity (Wildman–Crippen MR) is 67.0 cm³/mol. The van der Waals surface area contributed by atoms with Gasteiger partial charge in [-0.2, -0.15) is 5.10 Å². The zero-order chi connectivity index (χ0) is 11.6. The topological polar surface area (TPSA) is 41.5 Å². The summed E-state index contributed by atoms with van der Waals surface area (Å²) < 4.78 is 0. The van der Waals surface area contributed by atoms with Gasteiger partial charge in [-0.05, 0) is 18.1 Å². The van der Waals surface area contributed by atoms with E-state index in [1.54, 1.807) is 12.3 Å². The van der Waals surface area contributed by atoms with Gasteiger partial charge in [0, 0.05) is 12.6 Å². The molecule has 0 atom stereocenters. The molecular weight excluding hydrogens is 200 g/mol. The fourth-order valence-corrected chi connectivity index (χ4v) is 1.15. The van der Waals surface area contributed by atoms with E-state index in [4.69, 9.17) is 0 Å². The Morgan fingerprint density at radius 2 is 2.12 bits per heavy atom. The van der Waals surface area contributed by atoms with E-state index in [0.29, 0.717) is 6.42 Å². The van der Waals surface area contributed by atoms with Crippen LogP contribution in [0, 0.1) is 0 Å². The van der Waals surface area contributed by atoms with Gasteiger partial charge < -0.3 is 0 Å². The summed E-state index contributed by atoms with van der Waals surface area (Å²) in [6.45, 7) is 1.96. The number of carbonyl (C=O) groups is 1. The van der Waals surface area contributed by atoms with Crippen LogP contribution in [0.25, 0.3) is 6.08 Å². The Labute approximate surface area is 95.9 Å². The van der Waals surface area contributed by atoms with Crippen molar-refractivity contribution in [3.05, 3.63) is 42.0 Å². The van der Waals surface area contributed by atoms with Gasteiger partial charge in [-0.25, -0.2) is 5.43 Å². The molecule has 0 aliphatic rings. The lowest BCUT2D eigenvalue weighted by Crippen LogP contribution is -2.16. The number of carbonyl (C=O) groups excluding carboxylic acids is 1. The lowest BCUT2D eigenvalue weighted by atomic mass is 10.2. The molecule has 1 N–H and O–H groups in total. The van der Waals surface area contributed by atoms with Gasteiger partial charge in [0.1, 0.15) is 0 Å². The molecule has 0 aliphatic carbocycles. The molecule has 0 spiro atoms. The summed E-state index contributed by atoms with van der Waals surface area (Å²) in [5, 5.41) is 3.79. The summed E-state index contributed by atoms with van der Waals surface area (Å²) >= 11 is 0. The van der Waals surface area contributed by atoms with Crippen molar-refractivity contribution in [2.75, 3.05) is 0 Å². The summed E-state index contributed by atoms with van der Waals surface area (Å²) in [5.74, 6) is -0.0492. The molecular formula is C13H16N2O. The highest BCUT2D eigenvalue weighted by molar-refractivity contribution is 5.81. The zero-order valence-electron chi connectivity index (χ0n) is 9.39. The van der Waals surface area contributed by atoms with Gasteiger partial charge in [0.25, 0.3) is 0 Å². The van der Waals surface area contributed by atoms with Crippen molar-refractivity contribution in [1.82, 2.24) is 5.43 Å². The van der Waals surface area contributed by atoms with Crippen LogP contribution < -0.4 is 5.43 Å². The molecule has 0 unspecified atom stereocenters. The molecule has 0 aromatic heterocycles. The van der Waals surface area contributed by atoms with E-state index in [2.05, 4.69) is 10.5 Å². The summed E-state index contributed by atoms with van der Waals surface area (Å²) in [7, 11) is 0. The average Bonchev–Trinajstić information content (AvgIpc) is 2.30. The summed E-state index contributed by atoms with van der Waals surface area (Å²) in [6, 6.07) is 9.91. The monoisotopic (exact) mass is 216 g/mol. The van der Waals surface area contributed by atoms with Crippen LogP contribution in [0.5, 0.6) is 0 Å². The molecule has 1 aromatic rings. The van der Waals surface area contributed by atoms with Crippen molar-refractivity contribution < 1.29 is 4.79 Å². The fourth-order valence-electron chi connectivity index (χ4n) is 1.15. The number of rotatable bonds is 5. The minimum atomic E-state index is -0.0492. The highest BCUT2D eigenvalue weighted by Crippen LogP contribution is 1.99. The highest BCUT2D eigenvalue weighted by atomic mass is 16.2. The van der Waals surface area contributed by atoms with Crippen LogP contribution in [0.1, 0.15) is 25.3 Å². The Balaban J connectivity index is 2.32. The van der Waals surface area contributed by atoms with Crippen LogP contribution in [0.15, 0.2) is 41.5 Å². The van der Waals surface area contributed by atoms with Crippen molar-refractivity contribution in [3.63, 3.8) is 0 Å². The number of amides is 1. The predicted octanol–water partition coefficient (Wildman–Crippen LogP) is 2.60. The molecule has 1 rings (SSSR count). The van der Waals surface area contributed by atoms with E-state index in [1.165, 1.54) is 0 Å². The van der Waals surface area contributed by atoms with Crippen molar-refractivity contribution in [1.29, 1.82) is 0 Å².